The first-order valence-corrected chi connectivity index (χ1v) is 9.09. The Bertz CT molecular complexity index is 573. The summed E-state index contributed by atoms with van der Waals surface area (Å²) in [4.78, 5) is 4.58. The highest BCUT2D eigenvalue weighted by molar-refractivity contribution is 7.91. The van der Waals surface area contributed by atoms with Gasteiger partial charge in [-0.15, -0.1) is 11.3 Å². The summed E-state index contributed by atoms with van der Waals surface area (Å²) in [5, 5.41) is 0.865. The summed E-state index contributed by atoms with van der Waals surface area (Å²) in [6.07, 6.45) is 0. The molecule has 0 unspecified atom stereocenters. The SMILES string of the molecule is CC(C)c1nc(C(C)(C)C)c(S(=O)(=O)NC(C)(C)C)s1. The number of nitrogens with one attached hydrogen (secondary N) is 1. The number of sulfonamides is 1. The van der Waals surface area contributed by atoms with Gasteiger partial charge in [-0.2, -0.15) is 0 Å². The number of rotatable bonds is 3. The summed E-state index contributed by atoms with van der Waals surface area (Å²) in [6, 6.07) is 0. The van der Waals surface area contributed by atoms with Gasteiger partial charge in [-0.05, 0) is 20.8 Å². The van der Waals surface area contributed by atoms with Crippen LogP contribution in [0.3, 0.4) is 0 Å². The number of aromatic nitrogens is 1. The van der Waals surface area contributed by atoms with Crippen LogP contribution >= 0.6 is 11.3 Å². The van der Waals surface area contributed by atoms with E-state index < -0.39 is 15.6 Å². The summed E-state index contributed by atoms with van der Waals surface area (Å²) in [5.74, 6) is 0.222. The molecule has 1 aromatic rings. The fourth-order valence-electron chi connectivity index (χ4n) is 1.67. The number of hydrogen-bond acceptors (Lipinski definition) is 4. The van der Waals surface area contributed by atoms with E-state index in [2.05, 4.69) is 9.71 Å². The van der Waals surface area contributed by atoms with Crippen LogP contribution in [0.15, 0.2) is 4.21 Å². The molecule has 0 saturated heterocycles. The highest BCUT2D eigenvalue weighted by Crippen LogP contribution is 2.35. The molecule has 0 fully saturated rings. The van der Waals surface area contributed by atoms with Crippen molar-refractivity contribution in [3.63, 3.8) is 0 Å². The monoisotopic (exact) mass is 318 g/mol. The maximum atomic E-state index is 12.6. The van der Waals surface area contributed by atoms with Crippen molar-refractivity contribution in [1.82, 2.24) is 9.71 Å². The first kappa shape index (κ1) is 17.6. The molecule has 0 saturated carbocycles. The summed E-state index contributed by atoms with van der Waals surface area (Å²) >= 11 is 1.28. The Morgan fingerprint density at radius 1 is 1.10 bits per heavy atom. The maximum Gasteiger partial charge on any atom is 0.252 e. The van der Waals surface area contributed by atoms with E-state index in [1.54, 1.807) is 0 Å². The Kier molecular flexibility index (Phi) is 4.74. The predicted octanol–water partition coefficient (Wildman–Crippen LogP) is 3.64. The van der Waals surface area contributed by atoms with Gasteiger partial charge in [0.05, 0.1) is 10.7 Å². The van der Waals surface area contributed by atoms with Crippen LogP contribution in [0.5, 0.6) is 0 Å². The first-order valence-electron chi connectivity index (χ1n) is 6.79. The summed E-state index contributed by atoms with van der Waals surface area (Å²) in [6.45, 7) is 15.5. The molecular formula is C14H26N2O2S2. The third-order valence-corrected chi connectivity index (χ3v) is 6.12. The van der Waals surface area contributed by atoms with Crippen molar-refractivity contribution in [3.05, 3.63) is 10.7 Å². The average Bonchev–Trinajstić information content (AvgIpc) is 2.56. The van der Waals surface area contributed by atoms with Gasteiger partial charge in [0.25, 0.3) is 10.0 Å². The van der Waals surface area contributed by atoms with Gasteiger partial charge < -0.3 is 0 Å². The molecular weight excluding hydrogens is 292 g/mol. The molecule has 1 heterocycles. The van der Waals surface area contributed by atoms with E-state index in [1.807, 2.05) is 55.4 Å². The predicted molar refractivity (Wildman–Crippen MR) is 85.0 cm³/mol. The van der Waals surface area contributed by atoms with Crippen molar-refractivity contribution < 1.29 is 8.42 Å². The molecule has 0 atom stereocenters. The molecule has 0 radical (unpaired) electrons. The van der Waals surface area contributed by atoms with Crippen LogP contribution in [0, 0.1) is 0 Å². The molecule has 116 valence electrons. The van der Waals surface area contributed by atoms with E-state index in [0.717, 1.165) is 5.01 Å². The van der Waals surface area contributed by atoms with Gasteiger partial charge in [-0.25, -0.2) is 18.1 Å². The molecule has 1 aromatic heterocycles. The third-order valence-electron chi connectivity index (χ3n) is 2.50. The lowest BCUT2D eigenvalue weighted by Gasteiger charge is -2.22. The Morgan fingerprint density at radius 2 is 1.60 bits per heavy atom. The Labute approximate surface area is 127 Å². The number of hydrogen-bond donors (Lipinski definition) is 1. The van der Waals surface area contributed by atoms with Crippen molar-refractivity contribution in [3.8, 4) is 0 Å². The maximum absolute atomic E-state index is 12.6. The second-order valence-electron chi connectivity index (χ2n) is 7.45. The molecule has 0 amide bonds. The van der Waals surface area contributed by atoms with E-state index in [4.69, 9.17) is 0 Å². The second kappa shape index (κ2) is 5.39. The van der Waals surface area contributed by atoms with Crippen molar-refractivity contribution in [1.29, 1.82) is 0 Å². The van der Waals surface area contributed by atoms with Gasteiger partial charge in [0.2, 0.25) is 0 Å². The molecule has 20 heavy (non-hydrogen) atoms. The van der Waals surface area contributed by atoms with Crippen LogP contribution < -0.4 is 4.72 Å². The lowest BCUT2D eigenvalue weighted by molar-refractivity contribution is 0.488. The molecule has 1 N–H and O–H groups in total. The van der Waals surface area contributed by atoms with Crippen LogP contribution in [0.25, 0.3) is 0 Å². The van der Waals surface area contributed by atoms with Crippen LogP contribution in [0.2, 0.25) is 0 Å². The van der Waals surface area contributed by atoms with E-state index in [0.29, 0.717) is 9.90 Å². The molecule has 1 rings (SSSR count). The Balaban J connectivity index is 3.44. The zero-order valence-corrected chi connectivity index (χ0v) is 15.3. The summed E-state index contributed by atoms with van der Waals surface area (Å²) in [7, 11) is -3.54. The standard InChI is InChI=1S/C14H26N2O2S2/c1-9(2)11-15-10(13(3,4)5)12(19-11)20(17,18)16-14(6,7)8/h9,16H,1-8H3. The molecule has 0 aliphatic heterocycles. The molecule has 0 aromatic carbocycles. The van der Waals surface area contributed by atoms with E-state index in [1.165, 1.54) is 11.3 Å². The van der Waals surface area contributed by atoms with Crippen molar-refractivity contribution in [2.75, 3.05) is 0 Å². The number of nitrogens with zero attached hydrogens (tertiary/aromatic N) is 1. The zero-order chi connectivity index (χ0) is 15.9. The van der Waals surface area contributed by atoms with Crippen LogP contribution in [0.1, 0.15) is 72.0 Å². The van der Waals surface area contributed by atoms with Crippen molar-refractivity contribution >= 4 is 21.4 Å². The van der Waals surface area contributed by atoms with E-state index in [-0.39, 0.29) is 11.3 Å². The Morgan fingerprint density at radius 3 is 1.95 bits per heavy atom. The molecule has 6 heteroatoms. The lowest BCUT2D eigenvalue weighted by atomic mass is 9.93. The largest absolute Gasteiger partial charge is 0.252 e. The fourth-order valence-corrected chi connectivity index (χ4v) is 5.01. The van der Waals surface area contributed by atoms with Gasteiger partial charge in [0.1, 0.15) is 0 Å². The first-order chi connectivity index (χ1) is 8.74. The third kappa shape index (κ3) is 4.27. The van der Waals surface area contributed by atoms with Crippen LogP contribution in [-0.4, -0.2) is 18.9 Å². The molecule has 0 spiro atoms. The molecule has 0 aliphatic carbocycles. The minimum atomic E-state index is -3.54. The van der Waals surface area contributed by atoms with Crippen LogP contribution in [-0.2, 0) is 15.4 Å². The minimum absolute atomic E-state index is 0.222. The summed E-state index contributed by atoms with van der Waals surface area (Å²) < 4.78 is 28.3. The van der Waals surface area contributed by atoms with Gasteiger partial charge in [-0.3, -0.25) is 0 Å². The van der Waals surface area contributed by atoms with Gasteiger partial charge in [-0.1, -0.05) is 34.6 Å². The van der Waals surface area contributed by atoms with Gasteiger partial charge in [0.15, 0.2) is 4.21 Å². The minimum Gasteiger partial charge on any atom is -0.244 e. The van der Waals surface area contributed by atoms with Crippen molar-refractivity contribution in [2.24, 2.45) is 0 Å². The number of thiazole rings is 1. The fraction of sp³-hybridized carbons (Fsp3) is 0.786. The second-order valence-corrected chi connectivity index (χ2v) is 10.4. The molecule has 0 aliphatic rings. The van der Waals surface area contributed by atoms with Crippen LogP contribution in [0.4, 0.5) is 0 Å². The Hall–Kier alpha value is -0.460. The van der Waals surface area contributed by atoms with E-state index in [9.17, 15) is 8.42 Å². The van der Waals surface area contributed by atoms with Gasteiger partial charge in [0, 0.05) is 16.9 Å². The van der Waals surface area contributed by atoms with Gasteiger partial charge >= 0.3 is 0 Å². The average molecular weight is 319 g/mol. The zero-order valence-electron chi connectivity index (χ0n) is 13.7. The lowest BCUT2D eigenvalue weighted by Crippen LogP contribution is -2.40. The molecule has 4 nitrogen and oxygen atoms in total. The quantitative estimate of drug-likeness (QED) is 0.925. The normalized spacial score (nSPS) is 14.1. The molecule has 0 bridgehead atoms. The highest BCUT2D eigenvalue weighted by atomic mass is 32.2. The topological polar surface area (TPSA) is 59.1 Å². The van der Waals surface area contributed by atoms with Crippen molar-refractivity contribution in [2.45, 2.75) is 76.5 Å². The van der Waals surface area contributed by atoms with E-state index >= 15 is 0 Å². The highest BCUT2D eigenvalue weighted by Gasteiger charge is 2.33. The smallest absolute Gasteiger partial charge is 0.244 e. The summed E-state index contributed by atoms with van der Waals surface area (Å²) in [5.41, 5.74) is -0.148.